The second kappa shape index (κ2) is 7.20. The fourth-order valence-electron chi connectivity index (χ4n) is 3.03. The zero-order valence-electron chi connectivity index (χ0n) is 13.1. The van der Waals surface area contributed by atoms with Crippen molar-refractivity contribution in [3.63, 3.8) is 0 Å². The molecule has 126 valence electrons. The number of hydrogen-bond acceptors (Lipinski definition) is 4. The molecule has 1 saturated heterocycles. The second-order valence-electron chi connectivity index (χ2n) is 6.15. The number of β-amino-alcohol motifs (C(OH)–C–C–N with tert-alkyl or cyclic N) is 1. The predicted molar refractivity (Wildman–Crippen MR) is 90.8 cm³/mol. The number of halogens is 1. The van der Waals surface area contributed by atoms with Crippen LogP contribution in [0.25, 0.3) is 0 Å². The molecule has 0 bridgehead atoms. The molecule has 6 heteroatoms. The van der Waals surface area contributed by atoms with Crippen molar-refractivity contribution in [3.8, 4) is 5.75 Å². The summed E-state index contributed by atoms with van der Waals surface area (Å²) in [6.45, 7) is 0.883. The highest BCUT2D eigenvalue weighted by molar-refractivity contribution is 6.32. The van der Waals surface area contributed by atoms with E-state index in [9.17, 15) is 15.0 Å². The van der Waals surface area contributed by atoms with Gasteiger partial charge in [-0.2, -0.15) is 0 Å². The fraction of sp³-hybridized carbons (Fsp3) is 0.333. The van der Waals surface area contributed by atoms with Gasteiger partial charge >= 0.3 is 0 Å². The molecule has 1 fully saturated rings. The molecule has 0 radical (unpaired) electrons. The van der Waals surface area contributed by atoms with Gasteiger partial charge in [-0.05, 0) is 41.8 Å². The predicted octanol–water partition coefficient (Wildman–Crippen LogP) is 2.05. The molecule has 0 unspecified atom stereocenters. The highest BCUT2D eigenvalue weighted by atomic mass is 35.5. The minimum absolute atomic E-state index is 0.00174. The monoisotopic (exact) mass is 346 g/mol. The Hall–Kier alpha value is -2.11. The van der Waals surface area contributed by atoms with Gasteiger partial charge in [0.1, 0.15) is 5.75 Å². The quantitative estimate of drug-likeness (QED) is 0.888. The summed E-state index contributed by atoms with van der Waals surface area (Å²) in [4.78, 5) is 18.1. The molecule has 24 heavy (non-hydrogen) atoms. The van der Waals surface area contributed by atoms with Gasteiger partial charge in [-0.15, -0.1) is 0 Å². The van der Waals surface area contributed by atoms with Crippen molar-refractivity contribution in [3.05, 3.63) is 58.9 Å². The van der Waals surface area contributed by atoms with Gasteiger partial charge < -0.3 is 15.1 Å². The average Bonchev–Trinajstić information content (AvgIpc) is 2.93. The van der Waals surface area contributed by atoms with Crippen molar-refractivity contribution in [2.24, 2.45) is 5.92 Å². The van der Waals surface area contributed by atoms with Gasteiger partial charge in [0.2, 0.25) is 5.91 Å². The molecular weight excluding hydrogens is 328 g/mol. The SMILES string of the molecule is O=C(Cc1ccc(O)c(Cl)c1)N1C[C@@H](Cc2ccncc2)[C@@H](O)C1. The largest absolute Gasteiger partial charge is 0.506 e. The first-order chi connectivity index (χ1) is 11.5. The van der Waals surface area contributed by atoms with Gasteiger partial charge in [-0.25, -0.2) is 0 Å². The summed E-state index contributed by atoms with van der Waals surface area (Å²) in [6.07, 6.45) is 3.86. The summed E-state index contributed by atoms with van der Waals surface area (Å²) in [5.41, 5.74) is 1.85. The van der Waals surface area contributed by atoms with E-state index in [1.165, 1.54) is 6.07 Å². The van der Waals surface area contributed by atoms with E-state index in [0.717, 1.165) is 17.5 Å². The van der Waals surface area contributed by atoms with Crippen molar-refractivity contribution in [1.82, 2.24) is 9.88 Å². The number of rotatable bonds is 4. The van der Waals surface area contributed by atoms with Crippen molar-refractivity contribution >= 4 is 17.5 Å². The summed E-state index contributed by atoms with van der Waals surface area (Å²) >= 11 is 5.87. The smallest absolute Gasteiger partial charge is 0.227 e. The molecule has 0 spiro atoms. The topological polar surface area (TPSA) is 73.7 Å². The number of aliphatic hydroxyl groups excluding tert-OH is 1. The number of amides is 1. The zero-order chi connectivity index (χ0) is 17.1. The van der Waals surface area contributed by atoms with E-state index in [2.05, 4.69) is 4.98 Å². The Labute approximate surface area is 145 Å². The van der Waals surface area contributed by atoms with Gasteiger partial charge in [0.05, 0.1) is 17.5 Å². The van der Waals surface area contributed by atoms with Crippen molar-refractivity contribution in [2.75, 3.05) is 13.1 Å². The molecule has 2 heterocycles. The van der Waals surface area contributed by atoms with E-state index < -0.39 is 6.10 Å². The summed E-state index contributed by atoms with van der Waals surface area (Å²) in [5, 5.41) is 19.9. The normalized spacial score (nSPS) is 20.3. The molecule has 2 atom stereocenters. The van der Waals surface area contributed by atoms with Crippen LogP contribution in [-0.2, 0) is 17.6 Å². The van der Waals surface area contributed by atoms with Crippen molar-refractivity contribution in [2.45, 2.75) is 18.9 Å². The number of nitrogens with zero attached hydrogens (tertiary/aromatic N) is 2. The number of pyridine rings is 1. The Bertz CT molecular complexity index is 723. The minimum atomic E-state index is -0.523. The number of phenols is 1. The molecule has 5 nitrogen and oxygen atoms in total. The molecule has 1 aliphatic rings. The van der Waals surface area contributed by atoms with Crippen LogP contribution in [0.4, 0.5) is 0 Å². The van der Waals surface area contributed by atoms with E-state index in [4.69, 9.17) is 11.6 Å². The lowest BCUT2D eigenvalue weighted by molar-refractivity contribution is -0.129. The lowest BCUT2D eigenvalue weighted by Crippen LogP contribution is -2.31. The summed E-state index contributed by atoms with van der Waals surface area (Å²) < 4.78 is 0. The van der Waals surface area contributed by atoms with Crippen molar-refractivity contribution in [1.29, 1.82) is 0 Å². The van der Waals surface area contributed by atoms with Crippen LogP contribution < -0.4 is 0 Å². The first-order valence-electron chi connectivity index (χ1n) is 7.85. The van der Waals surface area contributed by atoms with Crippen LogP contribution in [0.3, 0.4) is 0 Å². The average molecular weight is 347 g/mol. The Morgan fingerprint density at radius 3 is 2.67 bits per heavy atom. The first-order valence-corrected chi connectivity index (χ1v) is 8.23. The summed E-state index contributed by atoms with van der Waals surface area (Å²) in [7, 11) is 0. The zero-order valence-corrected chi connectivity index (χ0v) is 13.9. The highest BCUT2D eigenvalue weighted by Gasteiger charge is 2.33. The molecule has 1 aliphatic heterocycles. The van der Waals surface area contributed by atoms with Gasteiger partial charge in [0.15, 0.2) is 0 Å². The number of aromatic nitrogens is 1. The molecule has 2 aromatic rings. The fourth-order valence-corrected chi connectivity index (χ4v) is 3.23. The number of hydrogen-bond donors (Lipinski definition) is 2. The third-order valence-electron chi connectivity index (χ3n) is 4.37. The summed E-state index contributed by atoms with van der Waals surface area (Å²) in [6, 6.07) is 8.61. The van der Waals surface area contributed by atoms with Crippen LogP contribution in [0.5, 0.6) is 5.75 Å². The van der Waals surface area contributed by atoms with E-state index in [0.29, 0.717) is 13.1 Å². The van der Waals surface area contributed by atoms with Gasteiger partial charge in [0, 0.05) is 31.4 Å². The molecule has 2 N–H and O–H groups in total. The Morgan fingerprint density at radius 2 is 1.96 bits per heavy atom. The number of aromatic hydroxyl groups is 1. The van der Waals surface area contributed by atoms with E-state index in [1.807, 2.05) is 12.1 Å². The molecule has 0 aliphatic carbocycles. The van der Waals surface area contributed by atoms with Crippen LogP contribution >= 0.6 is 11.6 Å². The Balaban J connectivity index is 1.61. The Kier molecular flexibility index (Phi) is 5.02. The standard InChI is InChI=1S/C18H19ClN2O3/c19-15-8-13(1-2-16(15)22)9-18(24)21-10-14(17(23)11-21)7-12-3-5-20-6-4-12/h1-6,8,14,17,22-23H,7,9-11H2/t14-,17+/m1/s1. The van der Waals surface area contributed by atoms with Crippen LogP contribution in [-0.4, -0.2) is 45.2 Å². The van der Waals surface area contributed by atoms with Crippen LogP contribution in [0.1, 0.15) is 11.1 Å². The number of aliphatic hydroxyl groups is 1. The second-order valence-corrected chi connectivity index (χ2v) is 6.56. The number of carbonyl (C=O) groups excluding carboxylic acids is 1. The highest BCUT2D eigenvalue weighted by Crippen LogP contribution is 2.25. The third kappa shape index (κ3) is 3.86. The lowest BCUT2D eigenvalue weighted by Gasteiger charge is -2.16. The van der Waals surface area contributed by atoms with E-state index >= 15 is 0 Å². The Morgan fingerprint density at radius 1 is 1.21 bits per heavy atom. The molecule has 1 aromatic carbocycles. The number of phenolic OH excluding ortho intramolecular Hbond substituents is 1. The minimum Gasteiger partial charge on any atom is -0.506 e. The first kappa shape index (κ1) is 16.7. The van der Waals surface area contributed by atoms with Crippen LogP contribution in [0, 0.1) is 5.92 Å². The molecule has 1 aromatic heterocycles. The van der Waals surface area contributed by atoms with Gasteiger partial charge in [-0.3, -0.25) is 9.78 Å². The van der Waals surface area contributed by atoms with Gasteiger partial charge in [-0.1, -0.05) is 17.7 Å². The maximum Gasteiger partial charge on any atom is 0.227 e. The number of likely N-dealkylation sites (tertiary alicyclic amines) is 1. The maximum atomic E-state index is 12.5. The van der Waals surface area contributed by atoms with Crippen LogP contribution in [0.15, 0.2) is 42.7 Å². The lowest BCUT2D eigenvalue weighted by atomic mass is 9.97. The van der Waals surface area contributed by atoms with Gasteiger partial charge in [0.25, 0.3) is 0 Å². The summed E-state index contributed by atoms with van der Waals surface area (Å²) in [5.74, 6) is -0.0188. The van der Waals surface area contributed by atoms with Crippen LogP contribution in [0.2, 0.25) is 5.02 Å². The van der Waals surface area contributed by atoms with Crippen molar-refractivity contribution < 1.29 is 15.0 Å². The molecule has 0 saturated carbocycles. The number of carbonyl (C=O) groups is 1. The third-order valence-corrected chi connectivity index (χ3v) is 4.68. The molecule has 3 rings (SSSR count). The van der Waals surface area contributed by atoms with E-state index in [1.54, 1.807) is 29.4 Å². The molecule has 1 amide bonds. The number of benzene rings is 1. The molecular formula is C18H19ClN2O3. The van der Waals surface area contributed by atoms with E-state index in [-0.39, 0.29) is 29.0 Å². The maximum absolute atomic E-state index is 12.5.